The molecule has 52 valence electrons. The van der Waals surface area contributed by atoms with Crippen LogP contribution in [0.4, 0.5) is 0 Å². The smallest absolute Gasteiger partial charge is 0.295 e. The summed E-state index contributed by atoms with van der Waals surface area (Å²) >= 11 is 5.33. The van der Waals surface area contributed by atoms with Gasteiger partial charge in [-0.15, -0.1) is 0 Å². The van der Waals surface area contributed by atoms with Gasteiger partial charge in [0.15, 0.2) is 0 Å². The van der Waals surface area contributed by atoms with Gasteiger partial charge in [-0.25, -0.2) is 0 Å². The summed E-state index contributed by atoms with van der Waals surface area (Å²) < 4.78 is 1.56. The van der Waals surface area contributed by atoms with E-state index in [0.717, 1.165) is 0 Å². The van der Waals surface area contributed by atoms with Crippen LogP contribution in [0.1, 0.15) is 0 Å². The van der Waals surface area contributed by atoms with Crippen LogP contribution in [-0.2, 0) is 0 Å². The molecule has 2 rings (SSSR count). The van der Waals surface area contributed by atoms with Crippen molar-refractivity contribution in [3.63, 3.8) is 0 Å². The van der Waals surface area contributed by atoms with Crippen molar-refractivity contribution < 1.29 is 0 Å². The molecule has 0 spiro atoms. The van der Waals surface area contributed by atoms with Gasteiger partial charge in [-0.2, -0.15) is 11.3 Å². The number of fused-ring (bicyclic) bond motifs is 1. The summed E-state index contributed by atoms with van der Waals surface area (Å²) in [5.74, 6) is 0. The molecule has 2 aromatic rings. The number of hydrogen-bond acceptors (Lipinski definition) is 1. The number of thiophene rings is 1. The van der Waals surface area contributed by atoms with Crippen molar-refractivity contribution in [2.45, 2.75) is 0 Å². The predicted molar refractivity (Wildman–Crippen MR) is 56.1 cm³/mol. The van der Waals surface area contributed by atoms with Crippen LogP contribution in [0.3, 0.4) is 0 Å². The lowest BCUT2D eigenvalue weighted by molar-refractivity contribution is 1.85. The molecule has 0 radical (unpaired) electrons. The van der Waals surface area contributed by atoms with E-state index in [9.17, 15) is 0 Å². The predicted octanol–water partition coefficient (Wildman–Crippen LogP) is 2.54. The third-order valence-corrected chi connectivity index (χ3v) is 6.94. The van der Waals surface area contributed by atoms with Gasteiger partial charge in [0.1, 0.15) is 0 Å². The highest BCUT2D eigenvalue weighted by molar-refractivity contribution is 9.23. The number of hydrogen-bond donors (Lipinski definition) is 0. The van der Waals surface area contributed by atoms with Gasteiger partial charge >= 0.3 is 18.2 Å². The van der Waals surface area contributed by atoms with E-state index in [-0.39, 0.29) is 18.2 Å². The van der Waals surface area contributed by atoms with Crippen molar-refractivity contribution in [2.24, 2.45) is 0 Å². The van der Waals surface area contributed by atoms with Crippen LogP contribution in [0.25, 0.3) is 10.8 Å². The summed E-state index contributed by atoms with van der Waals surface area (Å²) in [6, 6.07) is 8.58. The van der Waals surface area contributed by atoms with E-state index in [4.69, 9.17) is 0 Å². The molecule has 0 bridgehead atoms. The summed E-state index contributed by atoms with van der Waals surface area (Å²) in [7, 11) is 0. The Labute approximate surface area is 85.2 Å². The molecule has 0 nitrogen and oxygen atoms in total. The molecule has 0 aliphatic rings. The van der Waals surface area contributed by atoms with Gasteiger partial charge < -0.3 is 0 Å². The Hall–Kier alpha value is 0.426. The fourth-order valence-corrected chi connectivity index (χ4v) is 5.01. The highest BCUT2D eigenvalue weighted by Gasteiger charge is 2.02. The van der Waals surface area contributed by atoms with Crippen LogP contribution < -0.4 is 3.01 Å². The molecule has 0 amide bonds. The van der Waals surface area contributed by atoms with Crippen molar-refractivity contribution in [1.29, 1.82) is 0 Å². The second-order valence-electron chi connectivity index (χ2n) is 2.38. The van der Waals surface area contributed by atoms with Crippen LogP contribution in [0.2, 0.25) is 0 Å². The molecule has 0 fully saturated rings. The van der Waals surface area contributed by atoms with E-state index in [0.29, 0.717) is 0 Å². The van der Waals surface area contributed by atoms with Crippen molar-refractivity contribution >= 4 is 56.2 Å². The number of rotatable bonds is 1. The van der Waals surface area contributed by atoms with Crippen molar-refractivity contribution in [1.82, 2.24) is 0 Å². The SMILES string of the molecule is [Br][Mg][c]1scc2ccccc12. The highest BCUT2D eigenvalue weighted by Crippen LogP contribution is 2.15. The zero-order valence-electron chi connectivity index (χ0n) is 5.88. The lowest BCUT2D eigenvalue weighted by Crippen LogP contribution is -2.01. The summed E-state index contributed by atoms with van der Waals surface area (Å²) in [4.78, 5) is 0. The fraction of sp³-hybridized carbons (Fsp3) is 0. The quantitative estimate of drug-likeness (QED) is 0.669. The largest absolute Gasteiger partial charge is 0.523 e. The molecule has 1 heterocycles. The third kappa shape index (κ3) is 1.47. The minimum absolute atomic E-state index is 0.157. The molecule has 0 saturated carbocycles. The second kappa shape index (κ2) is 3.43. The Morgan fingerprint density at radius 2 is 2.09 bits per heavy atom. The summed E-state index contributed by atoms with van der Waals surface area (Å²) in [5.41, 5.74) is 0. The molecule has 0 unspecified atom stereocenters. The van der Waals surface area contributed by atoms with Crippen molar-refractivity contribution in [2.75, 3.05) is 0 Å². The maximum atomic E-state index is 3.61. The minimum Gasteiger partial charge on any atom is -0.295 e. The minimum atomic E-state index is -0.157. The van der Waals surface area contributed by atoms with Crippen molar-refractivity contribution in [3.05, 3.63) is 29.6 Å². The first-order valence-corrected chi connectivity index (χ1v) is 8.91. The molecule has 0 aliphatic heterocycles. The lowest BCUT2D eigenvalue weighted by atomic mass is 10.2. The van der Waals surface area contributed by atoms with E-state index in [1.807, 2.05) is 11.3 Å². The topological polar surface area (TPSA) is 0 Å². The maximum Gasteiger partial charge on any atom is 0.523 e. The maximum absolute atomic E-state index is 3.61. The summed E-state index contributed by atoms with van der Waals surface area (Å²) in [5, 5.41) is 5.07. The Kier molecular flexibility index (Phi) is 2.51. The third-order valence-electron chi connectivity index (χ3n) is 1.71. The van der Waals surface area contributed by atoms with Crippen LogP contribution in [0.15, 0.2) is 29.6 Å². The van der Waals surface area contributed by atoms with E-state index < -0.39 is 0 Å². The van der Waals surface area contributed by atoms with Gasteiger partial charge in [-0.3, -0.25) is 12.9 Å². The highest BCUT2D eigenvalue weighted by atomic mass is 79.9. The number of benzene rings is 1. The van der Waals surface area contributed by atoms with Gasteiger partial charge in [-0.05, 0) is 16.2 Å². The first-order chi connectivity index (χ1) is 5.42. The Morgan fingerprint density at radius 1 is 1.27 bits per heavy atom. The van der Waals surface area contributed by atoms with Gasteiger partial charge in [0.2, 0.25) is 0 Å². The molecular weight excluding hydrogens is 232 g/mol. The average molecular weight is 237 g/mol. The fourth-order valence-electron chi connectivity index (χ4n) is 1.16. The summed E-state index contributed by atoms with van der Waals surface area (Å²) in [6.45, 7) is 0. The molecule has 1 aromatic heterocycles. The second-order valence-corrected chi connectivity index (χ2v) is 6.51. The van der Waals surface area contributed by atoms with Gasteiger partial charge in [-0.1, -0.05) is 27.3 Å². The van der Waals surface area contributed by atoms with Gasteiger partial charge in [0.05, 0.1) is 0 Å². The molecular formula is C8H5BrMgS. The van der Waals surface area contributed by atoms with E-state index >= 15 is 0 Å². The average Bonchev–Trinajstić information content (AvgIpc) is 2.47. The van der Waals surface area contributed by atoms with E-state index in [1.54, 1.807) is 3.01 Å². The molecule has 11 heavy (non-hydrogen) atoms. The van der Waals surface area contributed by atoms with Gasteiger partial charge in [0, 0.05) is 0 Å². The van der Waals surface area contributed by atoms with Gasteiger partial charge in [0.25, 0.3) is 0 Å². The summed E-state index contributed by atoms with van der Waals surface area (Å²) in [6.07, 6.45) is 0. The number of halogens is 1. The normalized spacial score (nSPS) is 9.91. The molecule has 1 aromatic carbocycles. The standard InChI is InChI=1S/C8H5S.BrH.Mg/c1-2-4-8-6-9-5-7(8)3-1;;/h1-5H;1H;/q;;+1/p-1. The Balaban J connectivity index is 2.76. The first-order valence-electron chi connectivity index (χ1n) is 3.43. The van der Waals surface area contributed by atoms with E-state index in [1.165, 1.54) is 10.8 Å². The first kappa shape index (κ1) is 8.04. The van der Waals surface area contributed by atoms with Crippen LogP contribution >= 0.6 is 24.2 Å². The Morgan fingerprint density at radius 3 is 2.91 bits per heavy atom. The zero-order valence-corrected chi connectivity index (χ0v) is 9.70. The molecule has 0 saturated heterocycles. The lowest BCUT2D eigenvalue weighted by Gasteiger charge is -1.89. The van der Waals surface area contributed by atoms with E-state index in [2.05, 4.69) is 42.5 Å². The van der Waals surface area contributed by atoms with Crippen LogP contribution in [0, 0.1) is 0 Å². The Bertz CT molecular complexity index is 369. The molecule has 3 heteroatoms. The molecule has 0 aliphatic carbocycles. The van der Waals surface area contributed by atoms with Crippen molar-refractivity contribution in [3.8, 4) is 0 Å². The molecule has 0 N–H and O–H groups in total. The van der Waals surface area contributed by atoms with Crippen LogP contribution in [-0.4, -0.2) is 18.2 Å². The molecule has 0 atom stereocenters. The van der Waals surface area contributed by atoms with Crippen LogP contribution in [0.5, 0.6) is 0 Å². The monoisotopic (exact) mass is 236 g/mol. The zero-order chi connectivity index (χ0) is 7.68.